The Bertz CT molecular complexity index is 1510. The third-order valence-electron chi connectivity index (χ3n) is 7.22. The molecule has 0 spiro atoms. The van der Waals surface area contributed by atoms with E-state index < -0.39 is 46.2 Å². The van der Waals surface area contributed by atoms with Crippen molar-refractivity contribution in [2.24, 2.45) is 5.92 Å². The van der Waals surface area contributed by atoms with Gasteiger partial charge >= 0.3 is 0 Å². The van der Waals surface area contributed by atoms with Crippen LogP contribution in [0, 0.1) is 5.92 Å². The minimum Gasteiger partial charge on any atom is -0.359 e. The zero-order valence-corrected chi connectivity index (χ0v) is 31.2. The van der Waals surface area contributed by atoms with Gasteiger partial charge in [0.05, 0.1) is 16.7 Å². The maximum atomic E-state index is 12.5. The lowest BCUT2D eigenvalue weighted by atomic mass is 9.93. The number of carbonyl (C=O) groups is 2. The number of anilines is 2. The van der Waals surface area contributed by atoms with Crippen molar-refractivity contribution in [2.75, 3.05) is 16.4 Å². The third kappa shape index (κ3) is 9.59. The number of nitrogens with one attached hydrogen (secondary N) is 2. The first-order chi connectivity index (χ1) is 19.6. The molecule has 2 rings (SSSR count). The highest BCUT2D eigenvalue weighted by Gasteiger charge is 2.45. The van der Waals surface area contributed by atoms with Crippen molar-refractivity contribution in [1.29, 1.82) is 0 Å². The molecule has 0 bridgehead atoms. The van der Waals surface area contributed by atoms with Crippen molar-refractivity contribution >= 4 is 53.8 Å². The van der Waals surface area contributed by atoms with Gasteiger partial charge in [-0.1, -0.05) is 67.5 Å². The number of amides is 2. The van der Waals surface area contributed by atoms with E-state index in [1.807, 2.05) is 46.9 Å². The van der Waals surface area contributed by atoms with Crippen LogP contribution in [0.5, 0.6) is 0 Å². The van der Waals surface area contributed by atoms with Crippen molar-refractivity contribution in [3.05, 3.63) is 22.9 Å². The Kier molecular flexibility index (Phi) is 12.6. The fourth-order valence-electron chi connectivity index (χ4n) is 3.52. The molecule has 2 heterocycles. The minimum absolute atomic E-state index is 0.0422. The van der Waals surface area contributed by atoms with Crippen molar-refractivity contribution in [3.8, 4) is 0 Å². The Hall–Kier alpha value is -2.32. The number of carbonyl (C=O) groups excluding carboxylic acids is 2. The molecule has 252 valence electrons. The van der Waals surface area contributed by atoms with Crippen LogP contribution in [0.2, 0.25) is 0 Å². The lowest BCUT2D eigenvalue weighted by molar-refractivity contribution is -0.118. The number of sulfone groups is 2. The van der Waals surface area contributed by atoms with Crippen LogP contribution in [0.3, 0.4) is 0 Å². The van der Waals surface area contributed by atoms with Crippen molar-refractivity contribution < 1.29 is 30.9 Å². The van der Waals surface area contributed by atoms with Crippen LogP contribution < -0.4 is 10.6 Å². The number of rotatable bonds is 10. The number of thiazole rings is 1. The predicted octanol–water partition coefficient (Wildman–Crippen LogP) is 6.13. The molecule has 1 atom stereocenters. The molecule has 11 nitrogen and oxygen atoms in total. The average molecular weight is 677 g/mol. The van der Waals surface area contributed by atoms with E-state index in [1.165, 1.54) is 39.0 Å². The first kappa shape index (κ1) is 39.7. The highest BCUT2D eigenvalue weighted by atomic mass is 32.2. The van der Waals surface area contributed by atoms with Gasteiger partial charge in [0.2, 0.25) is 11.8 Å². The molecule has 2 N–H and O–H groups in total. The number of aromatic nitrogens is 2. The van der Waals surface area contributed by atoms with E-state index in [9.17, 15) is 26.4 Å². The second-order valence-corrected chi connectivity index (χ2v) is 20.8. The van der Waals surface area contributed by atoms with Crippen molar-refractivity contribution in [3.63, 3.8) is 0 Å². The van der Waals surface area contributed by atoms with E-state index in [-0.39, 0.29) is 28.3 Å². The molecule has 0 aliphatic carbocycles. The molecule has 0 fully saturated rings. The summed E-state index contributed by atoms with van der Waals surface area (Å²) in [6.07, 6.45) is 0.477. The largest absolute Gasteiger partial charge is 0.359 e. The smallest absolute Gasteiger partial charge is 0.247 e. The Morgan fingerprint density at radius 3 is 1.80 bits per heavy atom. The van der Waals surface area contributed by atoms with Gasteiger partial charge in [0.15, 0.2) is 30.6 Å². The lowest BCUT2D eigenvalue weighted by Gasteiger charge is -2.26. The van der Waals surface area contributed by atoms with Gasteiger partial charge in [-0.15, -0.1) is 11.3 Å². The summed E-state index contributed by atoms with van der Waals surface area (Å²) >= 11 is 1.31. The second-order valence-electron chi connectivity index (χ2n) is 14.5. The van der Waals surface area contributed by atoms with Gasteiger partial charge in [-0.3, -0.25) is 9.59 Å². The maximum Gasteiger partial charge on any atom is 0.247 e. The summed E-state index contributed by atoms with van der Waals surface area (Å²) in [5.74, 6) is -0.394. The molecular weight excluding hydrogens is 625 g/mol. The number of hydrogen-bond acceptors (Lipinski definition) is 10. The second kappa shape index (κ2) is 14.0. The Morgan fingerprint density at radius 2 is 1.39 bits per heavy atom. The van der Waals surface area contributed by atoms with Crippen LogP contribution in [-0.2, 0) is 40.1 Å². The topological polar surface area (TPSA) is 165 Å². The van der Waals surface area contributed by atoms with Crippen LogP contribution >= 0.6 is 11.3 Å². The van der Waals surface area contributed by atoms with E-state index in [0.717, 1.165) is 5.69 Å². The van der Waals surface area contributed by atoms with Gasteiger partial charge in [0, 0.05) is 22.3 Å². The molecule has 0 aliphatic heterocycles. The molecule has 44 heavy (non-hydrogen) atoms. The van der Waals surface area contributed by atoms with E-state index >= 15 is 0 Å². The summed E-state index contributed by atoms with van der Waals surface area (Å²) in [5.41, 5.74) is 0.517. The molecule has 14 heteroatoms. The van der Waals surface area contributed by atoms with Gasteiger partial charge in [-0.2, -0.15) is 0 Å². The van der Waals surface area contributed by atoms with Crippen LogP contribution in [-0.4, -0.2) is 59.3 Å². The van der Waals surface area contributed by atoms with Gasteiger partial charge in [-0.25, -0.2) is 21.8 Å². The summed E-state index contributed by atoms with van der Waals surface area (Å²) in [4.78, 5) is 29.2. The summed E-state index contributed by atoms with van der Waals surface area (Å²) in [6, 6.07) is 1.61. The molecule has 2 aromatic rings. The molecule has 0 aromatic carbocycles. The summed E-state index contributed by atoms with van der Waals surface area (Å²) in [7, 11) is -7.14. The standard InChI is InChI=1S/C15H26N2O4S.C15H26N2O3S2/c1-10(2)9-22(19,20)15(6,7)13(18)16-12-8-11(21-17-12)14(3,4)5;1-8-10(2)22(19,20)15(6,7)12(18)17-13-16-11(9-21-13)14(3,4)5/h8,10H,9H2,1-7H3,(H,16,17,18);9-10H,8H2,1-7H3,(H,16,17,18). The van der Waals surface area contributed by atoms with Gasteiger partial charge in [0.25, 0.3) is 0 Å². The van der Waals surface area contributed by atoms with Crippen LogP contribution in [0.1, 0.15) is 115 Å². The highest BCUT2D eigenvalue weighted by molar-refractivity contribution is 7.94. The van der Waals surface area contributed by atoms with E-state index in [0.29, 0.717) is 17.3 Å². The fraction of sp³-hybridized carbons (Fsp3) is 0.733. The van der Waals surface area contributed by atoms with Crippen LogP contribution in [0.4, 0.5) is 10.9 Å². The Morgan fingerprint density at radius 1 is 0.864 bits per heavy atom. The first-order valence-corrected chi connectivity index (χ1v) is 18.7. The molecule has 2 aromatic heterocycles. The zero-order chi connectivity index (χ0) is 34.7. The molecule has 0 aliphatic rings. The fourth-order valence-corrected chi connectivity index (χ4v) is 7.83. The number of hydrogen-bond donors (Lipinski definition) is 2. The van der Waals surface area contributed by atoms with Crippen LogP contribution in [0.15, 0.2) is 16.0 Å². The van der Waals surface area contributed by atoms with Crippen molar-refractivity contribution in [1.82, 2.24) is 10.1 Å². The number of nitrogens with zero attached hydrogens (tertiary/aromatic N) is 2. The quantitative estimate of drug-likeness (QED) is 0.301. The van der Waals surface area contributed by atoms with Gasteiger partial charge in [0.1, 0.15) is 15.3 Å². The molecule has 0 saturated carbocycles. The lowest BCUT2D eigenvalue weighted by Crippen LogP contribution is -2.48. The third-order valence-corrected chi connectivity index (χ3v) is 13.8. The molecular formula is C30H52N4O7S3. The molecule has 0 radical (unpaired) electrons. The Balaban J connectivity index is 0.000000440. The van der Waals surface area contributed by atoms with E-state index in [4.69, 9.17) is 4.52 Å². The van der Waals surface area contributed by atoms with Crippen LogP contribution in [0.25, 0.3) is 0 Å². The molecule has 1 unspecified atom stereocenters. The van der Waals surface area contributed by atoms with Gasteiger partial charge in [-0.05, 0) is 47.0 Å². The molecule has 0 saturated heterocycles. The van der Waals surface area contributed by atoms with Gasteiger partial charge < -0.3 is 15.2 Å². The normalized spacial score (nSPS) is 14.1. The van der Waals surface area contributed by atoms with Crippen molar-refractivity contribution in [2.45, 2.75) is 129 Å². The highest BCUT2D eigenvalue weighted by Crippen LogP contribution is 2.30. The summed E-state index contributed by atoms with van der Waals surface area (Å²) in [6.45, 7) is 24.7. The first-order valence-electron chi connectivity index (χ1n) is 14.6. The molecule has 2 amide bonds. The van der Waals surface area contributed by atoms with E-state index in [1.54, 1.807) is 33.8 Å². The summed E-state index contributed by atoms with van der Waals surface area (Å²) in [5, 5.41) is 10.7. The summed E-state index contributed by atoms with van der Waals surface area (Å²) < 4.78 is 51.9. The zero-order valence-electron chi connectivity index (χ0n) is 28.7. The Labute approximate surface area is 268 Å². The maximum absolute atomic E-state index is 12.5. The minimum atomic E-state index is -3.57. The van der Waals surface area contributed by atoms with E-state index in [2.05, 4.69) is 20.8 Å². The average Bonchev–Trinajstić information content (AvgIpc) is 3.52. The predicted molar refractivity (Wildman–Crippen MR) is 179 cm³/mol. The SMILES string of the molecule is CC(C)CS(=O)(=O)C(C)(C)C(=O)Nc1cc(C(C)(C)C)on1.CCC(C)S(=O)(=O)C(C)(C)C(=O)Nc1nc(C(C)(C)C)cs1. The monoisotopic (exact) mass is 676 g/mol.